The lowest BCUT2D eigenvalue weighted by Gasteiger charge is -2.26. The van der Waals surface area contributed by atoms with Crippen LogP contribution in [0, 0.1) is 11.8 Å². The summed E-state index contributed by atoms with van der Waals surface area (Å²) in [6.07, 6.45) is 37.9. The maximum Gasteiger partial charge on any atom is 0.308 e. The van der Waals surface area contributed by atoms with E-state index in [9.17, 15) is 14.4 Å². The van der Waals surface area contributed by atoms with E-state index < -0.39 is 0 Å². The van der Waals surface area contributed by atoms with Crippen LogP contribution >= 0.6 is 0 Å². The van der Waals surface area contributed by atoms with E-state index in [0.29, 0.717) is 12.1 Å². The predicted octanol–water partition coefficient (Wildman–Crippen LogP) is 14.6. The van der Waals surface area contributed by atoms with Gasteiger partial charge >= 0.3 is 11.9 Å². The average molecular weight is 833 g/mol. The molecule has 348 valence electrons. The number of amides is 1. The second-order valence-corrected chi connectivity index (χ2v) is 17.7. The molecule has 0 aromatic heterocycles. The molecule has 0 aromatic carbocycles. The molecule has 0 atom stereocenters. The Hall–Kier alpha value is -1.89. The number of likely N-dealkylation sites (N-methyl/N-ethyl adjacent to an activating group) is 1. The van der Waals surface area contributed by atoms with Crippen LogP contribution in [0.5, 0.6) is 0 Å². The van der Waals surface area contributed by atoms with Crippen LogP contribution in [0.25, 0.3) is 0 Å². The Labute approximate surface area is 367 Å². The van der Waals surface area contributed by atoms with Crippen molar-refractivity contribution in [1.29, 1.82) is 0 Å². The second kappa shape index (κ2) is 42.8. The van der Waals surface area contributed by atoms with E-state index in [0.717, 1.165) is 64.5 Å². The highest BCUT2D eigenvalue weighted by Crippen LogP contribution is 2.23. The third-order valence-electron chi connectivity index (χ3n) is 12.4. The maximum atomic E-state index is 13.8. The number of nitrogens with zero attached hydrogens (tertiary/aromatic N) is 2. The Bertz CT molecular complexity index is 888. The Morgan fingerprint density at radius 3 is 0.966 bits per heavy atom. The Kier molecular flexibility index (Phi) is 41.4. The van der Waals surface area contributed by atoms with Crippen molar-refractivity contribution in [3.05, 3.63) is 12.2 Å². The minimum atomic E-state index is -0.158. The van der Waals surface area contributed by atoms with Gasteiger partial charge in [-0.25, -0.2) is 0 Å². The summed E-state index contributed by atoms with van der Waals surface area (Å²) in [5.41, 5.74) is 0.512. The number of carbonyl (C=O) groups is 3. The summed E-state index contributed by atoms with van der Waals surface area (Å²) in [6.45, 7) is 20.3. The molecule has 0 heterocycles. The Morgan fingerprint density at radius 1 is 0.424 bits per heavy atom. The SMILES string of the molecule is C=C(CN(CC)CC)C(=O)N(CCOC(=O)C(CCCCCCCCC)CCCCCCCCC)CCOC(=O)C(CCCCCCCCC)CCCCCCCCC. The van der Waals surface area contributed by atoms with Crippen LogP contribution in [0.3, 0.4) is 0 Å². The van der Waals surface area contributed by atoms with E-state index in [4.69, 9.17) is 9.47 Å². The largest absolute Gasteiger partial charge is 0.464 e. The van der Waals surface area contributed by atoms with Gasteiger partial charge in [0.1, 0.15) is 13.2 Å². The minimum Gasteiger partial charge on any atom is -0.464 e. The molecule has 0 bridgehead atoms. The van der Waals surface area contributed by atoms with Gasteiger partial charge in [0.05, 0.1) is 24.9 Å². The summed E-state index contributed by atoms with van der Waals surface area (Å²) >= 11 is 0. The number of rotatable bonds is 45. The smallest absolute Gasteiger partial charge is 0.308 e. The van der Waals surface area contributed by atoms with E-state index in [1.54, 1.807) is 4.90 Å². The average Bonchev–Trinajstić information content (AvgIpc) is 3.24. The zero-order valence-corrected chi connectivity index (χ0v) is 40.4. The van der Waals surface area contributed by atoms with Gasteiger partial charge in [-0.1, -0.05) is 228 Å². The van der Waals surface area contributed by atoms with Crippen molar-refractivity contribution in [3.63, 3.8) is 0 Å². The number of hydrogen-bond acceptors (Lipinski definition) is 6. The van der Waals surface area contributed by atoms with Crippen molar-refractivity contribution in [2.75, 3.05) is 45.9 Å². The lowest BCUT2D eigenvalue weighted by molar-refractivity contribution is -0.152. The van der Waals surface area contributed by atoms with Crippen molar-refractivity contribution in [1.82, 2.24) is 9.80 Å². The van der Waals surface area contributed by atoms with Gasteiger partial charge < -0.3 is 14.4 Å². The first kappa shape index (κ1) is 57.1. The van der Waals surface area contributed by atoms with Gasteiger partial charge in [-0.3, -0.25) is 19.3 Å². The summed E-state index contributed by atoms with van der Waals surface area (Å²) in [4.78, 5) is 44.8. The number of esters is 2. The monoisotopic (exact) mass is 833 g/mol. The summed E-state index contributed by atoms with van der Waals surface area (Å²) in [6, 6.07) is 0. The fourth-order valence-corrected chi connectivity index (χ4v) is 8.22. The predicted molar refractivity (Wildman–Crippen MR) is 253 cm³/mol. The number of hydrogen-bond donors (Lipinski definition) is 0. The third kappa shape index (κ3) is 33.4. The molecule has 0 saturated heterocycles. The van der Waals surface area contributed by atoms with E-state index in [1.807, 2.05) is 0 Å². The Balaban J connectivity index is 5.50. The molecule has 0 spiro atoms. The van der Waals surface area contributed by atoms with E-state index in [1.165, 1.54) is 154 Å². The lowest BCUT2D eigenvalue weighted by atomic mass is 9.94. The van der Waals surface area contributed by atoms with Crippen molar-refractivity contribution >= 4 is 17.8 Å². The first-order valence-electron chi connectivity index (χ1n) is 25.8. The second-order valence-electron chi connectivity index (χ2n) is 17.7. The third-order valence-corrected chi connectivity index (χ3v) is 12.4. The summed E-state index contributed by atoms with van der Waals surface area (Å²) < 4.78 is 11.9. The van der Waals surface area contributed by atoms with Crippen molar-refractivity contribution in [2.24, 2.45) is 11.8 Å². The quantitative estimate of drug-likeness (QED) is 0.0346. The highest BCUT2D eigenvalue weighted by atomic mass is 16.5. The zero-order valence-electron chi connectivity index (χ0n) is 40.4. The molecule has 7 heteroatoms. The molecule has 7 nitrogen and oxygen atoms in total. The molecule has 0 fully saturated rings. The number of unbranched alkanes of at least 4 members (excludes halogenated alkanes) is 24. The van der Waals surface area contributed by atoms with Crippen LogP contribution in [0.15, 0.2) is 12.2 Å². The molecule has 0 unspecified atom stereocenters. The van der Waals surface area contributed by atoms with Crippen molar-refractivity contribution < 1.29 is 23.9 Å². The number of ether oxygens (including phenoxy) is 2. The van der Waals surface area contributed by atoms with Crippen molar-refractivity contribution in [3.8, 4) is 0 Å². The van der Waals surface area contributed by atoms with Gasteiger partial charge in [-0.2, -0.15) is 0 Å². The fraction of sp³-hybridized carbons (Fsp3) is 0.904. The summed E-state index contributed by atoms with van der Waals surface area (Å²) in [5, 5.41) is 0. The molecule has 59 heavy (non-hydrogen) atoms. The van der Waals surface area contributed by atoms with Crippen LogP contribution < -0.4 is 0 Å². The molecule has 0 rings (SSSR count). The standard InChI is InChI=1S/C52H100N2O5/c1-8-14-18-22-26-30-34-38-48(39-35-31-27-23-19-15-9-2)51(56)58-44-42-54(50(55)47(7)46-53(12-5)13-6)43-45-59-52(57)49(40-36-32-28-24-20-16-10-3)41-37-33-29-25-21-17-11-4/h48-49H,7-46H2,1-6H3. The molecule has 1 amide bonds. The minimum absolute atomic E-state index is 0.0892. The normalized spacial score (nSPS) is 11.5. The van der Waals surface area contributed by atoms with E-state index in [-0.39, 0.29) is 56.0 Å². The summed E-state index contributed by atoms with van der Waals surface area (Å²) in [7, 11) is 0. The van der Waals surface area contributed by atoms with E-state index >= 15 is 0 Å². The molecule has 0 aliphatic carbocycles. The van der Waals surface area contributed by atoms with Gasteiger partial charge in [0.15, 0.2) is 0 Å². The highest BCUT2D eigenvalue weighted by Gasteiger charge is 2.24. The topological polar surface area (TPSA) is 76.2 Å². The van der Waals surface area contributed by atoms with Crippen LogP contribution in [-0.2, 0) is 23.9 Å². The van der Waals surface area contributed by atoms with Crippen molar-refractivity contribution in [2.45, 2.75) is 247 Å². The molecular formula is C52H100N2O5. The Morgan fingerprint density at radius 2 is 0.695 bits per heavy atom. The maximum absolute atomic E-state index is 13.8. The van der Waals surface area contributed by atoms with Crippen LogP contribution in [0.2, 0.25) is 0 Å². The zero-order chi connectivity index (χ0) is 43.6. The molecule has 0 saturated carbocycles. The molecule has 0 N–H and O–H groups in total. The molecule has 0 aliphatic heterocycles. The molecular weight excluding hydrogens is 733 g/mol. The van der Waals surface area contributed by atoms with Gasteiger partial charge in [0.25, 0.3) is 5.91 Å². The highest BCUT2D eigenvalue weighted by molar-refractivity contribution is 5.93. The fourth-order valence-electron chi connectivity index (χ4n) is 8.22. The molecule has 0 radical (unpaired) electrons. The molecule has 0 aromatic rings. The van der Waals surface area contributed by atoms with Crippen LogP contribution in [0.4, 0.5) is 0 Å². The van der Waals surface area contributed by atoms with Gasteiger partial charge in [0, 0.05) is 12.1 Å². The van der Waals surface area contributed by atoms with Gasteiger partial charge in [0.2, 0.25) is 0 Å². The van der Waals surface area contributed by atoms with E-state index in [2.05, 4.69) is 53.0 Å². The van der Waals surface area contributed by atoms with Gasteiger partial charge in [-0.05, 0) is 38.8 Å². The first-order chi connectivity index (χ1) is 28.8. The summed E-state index contributed by atoms with van der Waals surface area (Å²) in [5.74, 6) is -0.584. The van der Waals surface area contributed by atoms with Crippen LogP contribution in [0.1, 0.15) is 247 Å². The van der Waals surface area contributed by atoms with Crippen LogP contribution in [-0.4, -0.2) is 73.6 Å². The molecule has 0 aliphatic rings. The number of carbonyl (C=O) groups excluding carboxylic acids is 3. The first-order valence-corrected chi connectivity index (χ1v) is 25.8. The van der Waals surface area contributed by atoms with Gasteiger partial charge in [-0.15, -0.1) is 0 Å². The lowest BCUT2D eigenvalue weighted by Crippen LogP contribution is -2.40.